The Morgan fingerprint density at radius 2 is 1.77 bits per heavy atom. The number of carbonyl (C=O) groups excluding carboxylic acids is 2. The maximum Gasteiger partial charge on any atom is 0.251 e. The molecule has 2 rings (SSSR count). The van der Waals surface area contributed by atoms with Crippen molar-refractivity contribution in [3.8, 4) is 5.75 Å². The third-order valence-electron chi connectivity index (χ3n) is 3.81. The number of halogens is 1. The first kappa shape index (κ1) is 19.8. The van der Waals surface area contributed by atoms with Gasteiger partial charge in [0.25, 0.3) is 5.91 Å². The molecular formula is C20H23ClN2O3. The predicted molar refractivity (Wildman–Crippen MR) is 103 cm³/mol. The molecule has 0 bridgehead atoms. The van der Waals surface area contributed by atoms with Gasteiger partial charge in [0.15, 0.2) is 0 Å². The van der Waals surface area contributed by atoms with Gasteiger partial charge in [-0.25, -0.2) is 0 Å². The molecule has 2 aromatic carbocycles. The van der Waals surface area contributed by atoms with Crippen LogP contribution in [0.1, 0.15) is 23.2 Å². The summed E-state index contributed by atoms with van der Waals surface area (Å²) in [6.45, 7) is 1.43. The lowest BCUT2D eigenvalue weighted by molar-refractivity contribution is -0.129. The Morgan fingerprint density at radius 3 is 2.46 bits per heavy atom. The van der Waals surface area contributed by atoms with Gasteiger partial charge in [0.05, 0.1) is 6.61 Å². The average Bonchev–Trinajstić information content (AvgIpc) is 2.67. The van der Waals surface area contributed by atoms with Crippen LogP contribution in [0.2, 0.25) is 5.02 Å². The van der Waals surface area contributed by atoms with Gasteiger partial charge in [0.1, 0.15) is 5.75 Å². The van der Waals surface area contributed by atoms with E-state index in [-0.39, 0.29) is 18.2 Å². The minimum absolute atomic E-state index is 0.00939. The smallest absolute Gasteiger partial charge is 0.251 e. The van der Waals surface area contributed by atoms with Crippen molar-refractivity contribution in [1.29, 1.82) is 0 Å². The predicted octanol–water partition coefficient (Wildman–Crippen LogP) is 3.39. The van der Waals surface area contributed by atoms with Gasteiger partial charge in [-0.05, 0) is 42.8 Å². The molecule has 1 N–H and O–H groups in total. The summed E-state index contributed by atoms with van der Waals surface area (Å²) < 4.78 is 5.60. The first-order valence-electron chi connectivity index (χ1n) is 8.52. The molecule has 0 fully saturated rings. The van der Waals surface area contributed by atoms with E-state index in [1.54, 1.807) is 48.3 Å². The topological polar surface area (TPSA) is 58.6 Å². The van der Waals surface area contributed by atoms with Crippen molar-refractivity contribution < 1.29 is 14.3 Å². The second-order valence-electron chi connectivity index (χ2n) is 5.84. The molecule has 6 heteroatoms. The molecule has 26 heavy (non-hydrogen) atoms. The fourth-order valence-electron chi connectivity index (χ4n) is 2.31. The highest BCUT2D eigenvalue weighted by atomic mass is 35.5. The monoisotopic (exact) mass is 374 g/mol. The summed E-state index contributed by atoms with van der Waals surface area (Å²) >= 11 is 5.82. The van der Waals surface area contributed by atoms with Crippen LogP contribution in [0.15, 0.2) is 54.6 Å². The molecule has 2 aromatic rings. The molecule has 0 aromatic heterocycles. The van der Waals surface area contributed by atoms with E-state index < -0.39 is 0 Å². The summed E-state index contributed by atoms with van der Waals surface area (Å²) in [5.74, 6) is 0.578. The van der Waals surface area contributed by atoms with Crippen molar-refractivity contribution in [1.82, 2.24) is 10.2 Å². The maximum atomic E-state index is 12.1. The number of rotatable bonds is 9. The van der Waals surface area contributed by atoms with E-state index in [2.05, 4.69) is 5.32 Å². The lowest BCUT2D eigenvalue weighted by Gasteiger charge is -2.17. The molecule has 0 heterocycles. The normalized spacial score (nSPS) is 10.2. The van der Waals surface area contributed by atoms with Crippen molar-refractivity contribution in [2.75, 3.05) is 26.7 Å². The van der Waals surface area contributed by atoms with Crippen molar-refractivity contribution in [2.24, 2.45) is 0 Å². The van der Waals surface area contributed by atoms with E-state index in [9.17, 15) is 9.59 Å². The Hall–Kier alpha value is -2.53. The number of nitrogens with zero attached hydrogens (tertiary/aromatic N) is 1. The molecule has 0 radical (unpaired) electrons. The minimum Gasteiger partial charge on any atom is -0.494 e. The van der Waals surface area contributed by atoms with Gasteiger partial charge in [0, 0.05) is 37.1 Å². The van der Waals surface area contributed by atoms with Gasteiger partial charge in [-0.3, -0.25) is 9.59 Å². The molecule has 0 aliphatic rings. The summed E-state index contributed by atoms with van der Waals surface area (Å²) in [5.41, 5.74) is 0.590. The molecular weight excluding hydrogens is 352 g/mol. The Kier molecular flexibility index (Phi) is 7.96. The third kappa shape index (κ3) is 6.76. The molecule has 0 spiro atoms. The molecule has 0 aliphatic heterocycles. The van der Waals surface area contributed by atoms with Gasteiger partial charge >= 0.3 is 0 Å². The zero-order valence-electron chi connectivity index (χ0n) is 14.8. The summed E-state index contributed by atoms with van der Waals surface area (Å²) in [6.07, 6.45) is 0.994. The van der Waals surface area contributed by atoms with Crippen LogP contribution < -0.4 is 10.1 Å². The third-order valence-corrected chi connectivity index (χ3v) is 4.06. The molecule has 0 atom stereocenters. The Labute approximate surface area is 158 Å². The second kappa shape index (κ2) is 10.5. The largest absolute Gasteiger partial charge is 0.494 e. The summed E-state index contributed by atoms with van der Waals surface area (Å²) in [4.78, 5) is 25.6. The molecule has 2 amide bonds. The Bertz CT molecular complexity index is 705. The molecule has 0 unspecified atom stereocenters. The van der Waals surface area contributed by atoms with Gasteiger partial charge in [-0.1, -0.05) is 29.8 Å². The zero-order chi connectivity index (χ0) is 18.8. The average molecular weight is 375 g/mol. The van der Waals surface area contributed by atoms with Crippen LogP contribution in [-0.4, -0.2) is 43.5 Å². The van der Waals surface area contributed by atoms with Crippen molar-refractivity contribution in [2.45, 2.75) is 12.8 Å². The number of nitrogens with one attached hydrogen (secondary N) is 1. The summed E-state index contributed by atoms with van der Waals surface area (Å²) in [6, 6.07) is 16.1. The molecule has 5 nitrogen and oxygen atoms in total. The number of amides is 2. The van der Waals surface area contributed by atoms with Crippen LogP contribution in [-0.2, 0) is 4.79 Å². The van der Waals surface area contributed by atoms with Crippen LogP contribution in [0.3, 0.4) is 0 Å². The fourth-order valence-corrected chi connectivity index (χ4v) is 2.44. The van der Waals surface area contributed by atoms with E-state index >= 15 is 0 Å². The highest BCUT2D eigenvalue weighted by Gasteiger charge is 2.10. The van der Waals surface area contributed by atoms with Crippen LogP contribution >= 0.6 is 11.6 Å². The molecule has 0 saturated carbocycles. The molecule has 0 saturated heterocycles. The first-order valence-corrected chi connectivity index (χ1v) is 8.89. The van der Waals surface area contributed by atoms with Crippen molar-refractivity contribution in [3.63, 3.8) is 0 Å². The van der Waals surface area contributed by atoms with Crippen LogP contribution in [0.5, 0.6) is 5.75 Å². The van der Waals surface area contributed by atoms with Crippen LogP contribution in [0.25, 0.3) is 0 Å². The van der Waals surface area contributed by atoms with E-state index in [0.717, 1.165) is 12.2 Å². The first-order chi connectivity index (χ1) is 12.6. The number of carbonyl (C=O) groups is 2. The highest BCUT2D eigenvalue weighted by molar-refractivity contribution is 6.30. The van der Waals surface area contributed by atoms with Gasteiger partial charge in [-0.15, -0.1) is 0 Å². The highest BCUT2D eigenvalue weighted by Crippen LogP contribution is 2.15. The Morgan fingerprint density at radius 1 is 1.08 bits per heavy atom. The number of ether oxygens (including phenoxy) is 1. The van der Waals surface area contributed by atoms with Crippen molar-refractivity contribution >= 4 is 23.4 Å². The maximum absolute atomic E-state index is 12.1. The number of hydrogen-bond acceptors (Lipinski definition) is 3. The van der Waals surface area contributed by atoms with Crippen LogP contribution in [0, 0.1) is 0 Å². The summed E-state index contributed by atoms with van der Waals surface area (Å²) in [5, 5.41) is 3.42. The fraction of sp³-hybridized carbons (Fsp3) is 0.300. The number of benzene rings is 2. The Balaban J connectivity index is 1.60. The SMILES string of the molecule is CN(CCCOc1ccc(Cl)cc1)C(=O)CCNC(=O)c1ccccc1. The van der Waals surface area contributed by atoms with E-state index in [0.29, 0.717) is 30.3 Å². The molecule has 0 aliphatic carbocycles. The zero-order valence-corrected chi connectivity index (χ0v) is 15.5. The van der Waals surface area contributed by atoms with Gasteiger partial charge in [-0.2, -0.15) is 0 Å². The van der Waals surface area contributed by atoms with E-state index in [1.807, 2.05) is 18.2 Å². The van der Waals surface area contributed by atoms with Crippen molar-refractivity contribution in [3.05, 3.63) is 65.2 Å². The lowest BCUT2D eigenvalue weighted by atomic mass is 10.2. The second-order valence-corrected chi connectivity index (χ2v) is 6.28. The van der Waals surface area contributed by atoms with Crippen LogP contribution in [0.4, 0.5) is 0 Å². The minimum atomic E-state index is -0.169. The van der Waals surface area contributed by atoms with E-state index in [1.165, 1.54) is 0 Å². The number of hydrogen-bond donors (Lipinski definition) is 1. The summed E-state index contributed by atoms with van der Waals surface area (Å²) in [7, 11) is 1.75. The molecule has 138 valence electrons. The van der Waals surface area contributed by atoms with Gasteiger partial charge in [0.2, 0.25) is 5.91 Å². The standard InChI is InChI=1S/C20H23ClN2O3/c1-23(14-5-15-26-18-10-8-17(21)9-11-18)19(24)12-13-22-20(25)16-6-3-2-4-7-16/h2-4,6-11H,5,12-15H2,1H3,(H,22,25). The van der Waals surface area contributed by atoms with Gasteiger partial charge < -0.3 is 15.0 Å². The van der Waals surface area contributed by atoms with E-state index in [4.69, 9.17) is 16.3 Å². The quantitative estimate of drug-likeness (QED) is 0.684. The lowest BCUT2D eigenvalue weighted by Crippen LogP contribution is -2.33.